The second-order valence-corrected chi connectivity index (χ2v) is 10.5. The normalized spacial score (nSPS) is 45.7. The zero-order valence-electron chi connectivity index (χ0n) is 22.9. The Bertz CT molecular complexity index is 989. The summed E-state index contributed by atoms with van der Waals surface area (Å²) >= 11 is 0. The number of guanidine groups is 2. The largest absolute Gasteiger partial charge is 0.394 e. The van der Waals surface area contributed by atoms with E-state index in [2.05, 4.69) is 9.98 Å². The van der Waals surface area contributed by atoms with Crippen molar-refractivity contribution >= 4 is 18.3 Å². The summed E-state index contributed by atoms with van der Waals surface area (Å²) in [5.74, 6) is -1.04. The molecule has 0 amide bonds. The summed E-state index contributed by atoms with van der Waals surface area (Å²) in [4.78, 5) is 8.80. The number of aliphatic imine (C=N–C) groups is 2. The second-order valence-electron chi connectivity index (χ2n) is 10.5. The summed E-state index contributed by atoms with van der Waals surface area (Å²) in [6.45, 7) is -0.313. The van der Waals surface area contributed by atoms with Crippen molar-refractivity contribution in [3.8, 4) is 0 Å². The number of nitrogens with two attached hydrogens (primary N) is 4. The van der Waals surface area contributed by atoms with E-state index in [0.717, 1.165) is 11.2 Å². The quantitative estimate of drug-likeness (QED) is 0.0806. The second kappa shape index (κ2) is 13.4. The number of nitrogens with one attached hydrogen (secondary N) is 1. The van der Waals surface area contributed by atoms with Crippen LogP contribution in [0.15, 0.2) is 9.98 Å². The lowest BCUT2D eigenvalue weighted by molar-refractivity contribution is -0.324. The van der Waals surface area contributed by atoms with Crippen molar-refractivity contribution in [2.45, 2.75) is 98.2 Å². The maximum Gasteiger partial charge on any atom is 0.187 e. The van der Waals surface area contributed by atoms with Gasteiger partial charge in [0.15, 0.2) is 24.5 Å². The van der Waals surface area contributed by atoms with Gasteiger partial charge in [0.25, 0.3) is 0 Å². The van der Waals surface area contributed by atoms with Crippen LogP contribution in [0.5, 0.6) is 0 Å². The first-order chi connectivity index (χ1) is 19.6. The van der Waals surface area contributed by atoms with Crippen molar-refractivity contribution in [3.63, 3.8) is 0 Å². The van der Waals surface area contributed by atoms with Crippen LogP contribution < -0.4 is 22.9 Å². The minimum Gasteiger partial charge on any atom is -0.394 e. The van der Waals surface area contributed by atoms with E-state index in [0.29, 0.717) is 0 Å². The highest BCUT2D eigenvalue weighted by atomic mass is 16.8. The molecule has 0 bridgehead atoms. The standard InChI is InChI=1S/C22H42N8O12/c1-6-22(38,4-32)17(42-18-10(30(2)5-23)14(36)11(33)7(3-31)40-18)19(39-6)41-16-9(29-21(26)27)12(34)8(28-20(24)25)13(35)15(16)37/h5-19,23,31-38H,3-4H2,1-2H3,(H4,24,25,28)(H4,26,27,29)/t6-,7+,8+,9-,10-,11-,12-,13+,14+,15+,16-,17-,18-,19+,22-/m1/s1. The van der Waals surface area contributed by atoms with Gasteiger partial charge in [-0.05, 0) is 6.92 Å². The Morgan fingerprint density at radius 2 is 1.48 bits per heavy atom. The van der Waals surface area contributed by atoms with Crippen LogP contribution in [0.2, 0.25) is 0 Å². The van der Waals surface area contributed by atoms with E-state index < -0.39 is 116 Å². The highest BCUT2D eigenvalue weighted by Crippen LogP contribution is 2.39. The van der Waals surface area contributed by atoms with Gasteiger partial charge in [0.2, 0.25) is 0 Å². The molecule has 3 rings (SSSR count). The Morgan fingerprint density at radius 1 is 0.881 bits per heavy atom. The molecule has 1 aliphatic carbocycles. The van der Waals surface area contributed by atoms with E-state index in [1.54, 1.807) is 0 Å². The SMILES string of the molecule is C[C@H]1O[C@@H](O[C@H]2[C@@H](O)[C@@H](O)[C@@H](N=C(N)N)[C@@H](O)[C@H]2N=C(N)N)[C@@H](O[C@H]2O[C@@H](CO)[C@@H](O)[C@@H](O)[C@H]2N(C)C=N)[C@@]1(O)CO. The summed E-state index contributed by atoms with van der Waals surface area (Å²) in [6, 6.07) is -4.24. The first-order valence-corrected chi connectivity index (χ1v) is 13.0. The number of hydrogen-bond donors (Lipinski definition) is 13. The van der Waals surface area contributed by atoms with Gasteiger partial charge in [-0.2, -0.15) is 0 Å². The highest BCUT2D eigenvalue weighted by molar-refractivity contribution is 5.76. The molecular formula is C22H42N8O12. The van der Waals surface area contributed by atoms with Gasteiger partial charge >= 0.3 is 0 Å². The topological polar surface area (TPSA) is 355 Å². The summed E-state index contributed by atoms with van der Waals surface area (Å²) in [5, 5.41) is 92.6. The van der Waals surface area contributed by atoms with Crippen molar-refractivity contribution in [2.24, 2.45) is 32.9 Å². The van der Waals surface area contributed by atoms with Crippen LogP contribution in [0.4, 0.5) is 0 Å². The predicted octanol–water partition coefficient (Wildman–Crippen LogP) is -8.05. The molecule has 3 aliphatic rings. The maximum atomic E-state index is 11.4. The van der Waals surface area contributed by atoms with Gasteiger partial charge in [-0.1, -0.05) is 0 Å². The monoisotopic (exact) mass is 610 g/mol. The zero-order valence-corrected chi connectivity index (χ0v) is 22.9. The lowest BCUT2D eigenvalue weighted by atomic mass is 9.81. The summed E-state index contributed by atoms with van der Waals surface area (Å²) in [5.41, 5.74) is 19.6. The van der Waals surface area contributed by atoms with Gasteiger partial charge in [-0.15, -0.1) is 0 Å². The molecule has 1 saturated carbocycles. The number of hydrogen-bond acceptors (Lipinski definition) is 15. The molecule has 242 valence electrons. The number of ether oxygens (including phenoxy) is 4. The Kier molecular flexibility index (Phi) is 10.9. The first kappa shape index (κ1) is 34.0. The third kappa shape index (κ3) is 6.39. The Balaban J connectivity index is 2.00. The molecule has 0 aromatic rings. The molecule has 15 atom stereocenters. The smallest absolute Gasteiger partial charge is 0.187 e. The summed E-state index contributed by atoms with van der Waals surface area (Å²) in [7, 11) is 1.38. The molecule has 0 radical (unpaired) electrons. The number of rotatable bonds is 10. The molecule has 2 heterocycles. The molecule has 2 aliphatic heterocycles. The van der Waals surface area contributed by atoms with Gasteiger partial charge < -0.3 is 87.6 Å². The third-order valence-corrected chi connectivity index (χ3v) is 7.80. The fraction of sp³-hybridized carbons (Fsp3) is 0.864. The van der Waals surface area contributed by atoms with Crippen molar-refractivity contribution in [2.75, 3.05) is 20.3 Å². The average molecular weight is 611 g/mol. The highest BCUT2D eigenvalue weighted by Gasteiger charge is 2.60. The van der Waals surface area contributed by atoms with Gasteiger partial charge in [-0.25, -0.2) is 9.98 Å². The lowest BCUT2D eigenvalue weighted by Gasteiger charge is -2.47. The molecule has 0 spiro atoms. The van der Waals surface area contributed by atoms with E-state index in [1.165, 1.54) is 14.0 Å². The van der Waals surface area contributed by atoms with Gasteiger partial charge in [0.05, 0.1) is 25.7 Å². The molecular weight excluding hydrogens is 568 g/mol. The van der Waals surface area contributed by atoms with Gasteiger partial charge in [0, 0.05) is 7.05 Å². The minimum absolute atomic E-state index is 0.507. The number of aliphatic hydroxyl groups is 8. The molecule has 20 nitrogen and oxygen atoms in total. The van der Waals surface area contributed by atoms with Crippen LogP contribution in [-0.2, 0) is 18.9 Å². The van der Waals surface area contributed by atoms with Crippen LogP contribution >= 0.6 is 0 Å². The maximum absolute atomic E-state index is 11.4. The predicted molar refractivity (Wildman–Crippen MR) is 141 cm³/mol. The summed E-state index contributed by atoms with van der Waals surface area (Å²) < 4.78 is 23.3. The molecule has 0 unspecified atom stereocenters. The molecule has 2 saturated heterocycles. The zero-order chi connectivity index (χ0) is 31.7. The van der Waals surface area contributed by atoms with Crippen LogP contribution in [0, 0.1) is 5.41 Å². The van der Waals surface area contributed by atoms with Crippen molar-refractivity contribution < 1.29 is 59.8 Å². The Morgan fingerprint density at radius 3 is 2.00 bits per heavy atom. The third-order valence-electron chi connectivity index (χ3n) is 7.80. The fourth-order valence-electron chi connectivity index (χ4n) is 5.36. The Hall–Kier alpha value is -2.47. The molecule has 0 aromatic carbocycles. The van der Waals surface area contributed by atoms with Crippen LogP contribution in [0.25, 0.3) is 0 Å². The van der Waals surface area contributed by atoms with Gasteiger partial charge in [-0.3, -0.25) is 5.41 Å². The minimum atomic E-state index is -2.21. The number of likely N-dealkylation sites (N-methyl/N-ethyl adjacent to an activating group) is 1. The molecule has 0 aromatic heterocycles. The van der Waals surface area contributed by atoms with Crippen molar-refractivity contribution in [3.05, 3.63) is 0 Å². The molecule has 42 heavy (non-hydrogen) atoms. The van der Waals surface area contributed by atoms with E-state index in [1.807, 2.05) is 0 Å². The molecule has 17 N–H and O–H groups in total. The van der Waals surface area contributed by atoms with Crippen LogP contribution in [0.1, 0.15) is 6.92 Å². The molecule has 3 fully saturated rings. The van der Waals surface area contributed by atoms with E-state index >= 15 is 0 Å². The van der Waals surface area contributed by atoms with Crippen molar-refractivity contribution in [1.82, 2.24) is 4.90 Å². The number of aliphatic hydroxyl groups excluding tert-OH is 7. The van der Waals surface area contributed by atoms with E-state index in [-0.39, 0.29) is 0 Å². The molecule has 20 heteroatoms. The van der Waals surface area contributed by atoms with Crippen LogP contribution in [-0.4, -0.2) is 176 Å². The lowest BCUT2D eigenvalue weighted by Crippen LogP contribution is -2.67. The summed E-state index contributed by atoms with van der Waals surface area (Å²) in [6.07, 6.45) is -16.9. The van der Waals surface area contributed by atoms with E-state index in [4.69, 9.17) is 47.3 Å². The van der Waals surface area contributed by atoms with Gasteiger partial charge in [0.1, 0.15) is 72.6 Å². The first-order valence-electron chi connectivity index (χ1n) is 13.0. The van der Waals surface area contributed by atoms with Crippen molar-refractivity contribution in [1.29, 1.82) is 5.41 Å². The average Bonchev–Trinajstić information content (AvgIpc) is 3.17. The number of nitrogens with zero attached hydrogens (tertiary/aromatic N) is 3. The van der Waals surface area contributed by atoms with Crippen LogP contribution in [0.3, 0.4) is 0 Å². The van der Waals surface area contributed by atoms with E-state index in [9.17, 15) is 40.9 Å². The Labute approximate surface area is 240 Å². The fourth-order valence-corrected chi connectivity index (χ4v) is 5.36.